The molecule has 0 aliphatic rings. The molecule has 5 heteroatoms. The minimum atomic E-state index is -4.41. The normalized spacial score (nSPS) is 13.1. The van der Waals surface area contributed by atoms with Gasteiger partial charge in [-0.15, -0.1) is 0 Å². The highest BCUT2D eigenvalue weighted by Gasteiger charge is 2.32. The lowest BCUT2D eigenvalue weighted by Gasteiger charge is -2.20. The number of hydrogen-bond acceptors (Lipinski definition) is 0. The molecule has 7 aromatic rings. The van der Waals surface area contributed by atoms with Gasteiger partial charge in [-0.3, -0.25) is 0 Å². The van der Waals surface area contributed by atoms with E-state index in [1.54, 1.807) is 6.07 Å². The maximum Gasteiger partial charge on any atom is 0.416 e. The van der Waals surface area contributed by atoms with E-state index in [4.69, 9.17) is 0 Å². The molecule has 36 heavy (non-hydrogen) atoms. The van der Waals surface area contributed by atoms with Crippen LogP contribution in [0.15, 0.2) is 66.9 Å². The number of rotatable bonds is 1. The summed E-state index contributed by atoms with van der Waals surface area (Å²) in [6.45, 7) is 6.48. The molecule has 0 atom stereocenters. The van der Waals surface area contributed by atoms with Crippen LogP contribution in [0.1, 0.15) is 36.5 Å². The first-order chi connectivity index (χ1) is 17.2. The van der Waals surface area contributed by atoms with Gasteiger partial charge in [0.25, 0.3) is 0 Å². The number of halogens is 3. The standard InChI is InChI=1S/C31H24F3N2/c1-16(2)25-22-8-6-5-7-20(22)17(3)26-29-27-18(13-14-35(29)4)9-11-23-21-12-10-19(31(32,33)34)15-24(21)36(28(23)27)30(25)26/h5-16H,1-4H3/q+1. The third-order valence-electron chi connectivity index (χ3n) is 7.88. The van der Waals surface area contributed by atoms with E-state index in [1.165, 1.54) is 17.5 Å². The molecule has 3 aromatic heterocycles. The molecule has 0 amide bonds. The molecule has 0 saturated carbocycles. The van der Waals surface area contributed by atoms with E-state index in [1.807, 2.05) is 6.07 Å². The summed E-state index contributed by atoms with van der Waals surface area (Å²) in [6, 6.07) is 18.8. The lowest BCUT2D eigenvalue weighted by molar-refractivity contribution is -0.643. The predicted molar refractivity (Wildman–Crippen MR) is 141 cm³/mol. The molecular weight excluding hydrogens is 457 g/mol. The maximum atomic E-state index is 13.9. The molecule has 3 heterocycles. The zero-order valence-corrected chi connectivity index (χ0v) is 20.5. The molecular formula is C31H24F3N2+. The van der Waals surface area contributed by atoms with Crippen molar-refractivity contribution in [1.29, 1.82) is 0 Å². The SMILES string of the molecule is Cc1c2ccccc2c(C(C)C)c2c1c1c3c(ccc4c5ccc(C(F)(F)F)cc5n2c43)cc[n+]1C. The summed E-state index contributed by atoms with van der Waals surface area (Å²) in [7, 11) is 2.06. The average Bonchev–Trinajstić information content (AvgIpc) is 3.18. The van der Waals surface area contributed by atoms with E-state index in [-0.39, 0.29) is 5.92 Å². The maximum absolute atomic E-state index is 13.9. The summed E-state index contributed by atoms with van der Waals surface area (Å²) in [5.41, 5.74) is 5.38. The number of hydrogen-bond donors (Lipinski definition) is 0. The Labute approximate surface area is 205 Å². The number of fused-ring (bicyclic) bond motifs is 7. The molecule has 0 bridgehead atoms. The van der Waals surface area contributed by atoms with Gasteiger partial charge in [0, 0.05) is 16.8 Å². The Morgan fingerprint density at radius 3 is 2.25 bits per heavy atom. The van der Waals surface area contributed by atoms with Crippen molar-refractivity contribution in [3.05, 3.63) is 83.6 Å². The molecule has 0 aliphatic heterocycles. The second-order valence-corrected chi connectivity index (χ2v) is 10.2. The van der Waals surface area contributed by atoms with Gasteiger partial charge in [-0.1, -0.05) is 56.3 Å². The topological polar surface area (TPSA) is 8.29 Å². The van der Waals surface area contributed by atoms with Gasteiger partial charge in [-0.25, -0.2) is 4.57 Å². The van der Waals surface area contributed by atoms with E-state index < -0.39 is 11.7 Å². The summed E-state index contributed by atoms with van der Waals surface area (Å²) in [5.74, 6) is 0.164. The number of alkyl halides is 3. The first kappa shape index (κ1) is 21.4. The van der Waals surface area contributed by atoms with Crippen LogP contribution in [0.25, 0.3) is 59.8 Å². The highest BCUT2D eigenvalue weighted by molar-refractivity contribution is 6.29. The molecule has 7 rings (SSSR count). The molecule has 0 saturated heterocycles. The summed E-state index contributed by atoms with van der Waals surface area (Å²) in [5, 5.41) is 7.42. The Morgan fingerprint density at radius 1 is 0.806 bits per heavy atom. The second kappa shape index (κ2) is 6.88. The van der Waals surface area contributed by atoms with Crippen LogP contribution >= 0.6 is 0 Å². The third kappa shape index (κ3) is 2.55. The quantitative estimate of drug-likeness (QED) is 0.126. The Kier molecular flexibility index (Phi) is 4.09. The monoisotopic (exact) mass is 481 g/mol. The van der Waals surface area contributed by atoms with Crippen LogP contribution in [0.2, 0.25) is 0 Å². The van der Waals surface area contributed by atoms with Crippen molar-refractivity contribution in [2.24, 2.45) is 7.05 Å². The Hall–Kier alpha value is -3.86. The fraction of sp³-hybridized carbons (Fsp3) is 0.194. The summed E-state index contributed by atoms with van der Waals surface area (Å²) >= 11 is 0. The van der Waals surface area contributed by atoms with Gasteiger partial charge >= 0.3 is 6.18 Å². The Bertz CT molecular complexity index is 2030. The number of aromatic nitrogens is 2. The number of nitrogens with zero attached hydrogens (tertiary/aromatic N) is 2. The number of benzene rings is 4. The highest BCUT2D eigenvalue weighted by atomic mass is 19.4. The molecule has 0 fully saturated rings. The van der Waals surface area contributed by atoms with E-state index >= 15 is 0 Å². The van der Waals surface area contributed by atoms with Crippen molar-refractivity contribution in [1.82, 2.24) is 4.40 Å². The molecule has 0 radical (unpaired) electrons. The molecule has 0 spiro atoms. The van der Waals surface area contributed by atoms with Crippen LogP contribution in [0.3, 0.4) is 0 Å². The lowest BCUT2D eigenvalue weighted by atomic mass is 9.88. The lowest BCUT2D eigenvalue weighted by Crippen LogP contribution is -2.29. The number of aryl methyl sites for hydroxylation is 2. The Morgan fingerprint density at radius 2 is 1.53 bits per heavy atom. The minimum absolute atomic E-state index is 0.164. The van der Waals surface area contributed by atoms with Gasteiger partial charge in [0.05, 0.1) is 32.9 Å². The van der Waals surface area contributed by atoms with Gasteiger partial charge in [0.2, 0.25) is 5.52 Å². The van der Waals surface area contributed by atoms with Gasteiger partial charge in [-0.05, 0) is 52.3 Å². The van der Waals surface area contributed by atoms with Crippen LogP contribution in [-0.4, -0.2) is 4.40 Å². The zero-order chi connectivity index (χ0) is 25.1. The number of pyridine rings is 2. The summed E-state index contributed by atoms with van der Waals surface area (Å²) in [6.07, 6.45) is -2.33. The molecule has 4 aromatic carbocycles. The first-order valence-electron chi connectivity index (χ1n) is 12.2. The van der Waals surface area contributed by atoms with Crippen molar-refractivity contribution >= 4 is 59.8 Å². The molecule has 2 nitrogen and oxygen atoms in total. The molecule has 0 aliphatic carbocycles. The van der Waals surface area contributed by atoms with Gasteiger partial charge in [0.1, 0.15) is 7.05 Å². The van der Waals surface area contributed by atoms with Crippen LogP contribution in [0, 0.1) is 6.92 Å². The van der Waals surface area contributed by atoms with E-state index in [0.29, 0.717) is 5.52 Å². The van der Waals surface area contributed by atoms with Crippen molar-refractivity contribution in [3.8, 4) is 0 Å². The largest absolute Gasteiger partial charge is 0.416 e. The molecule has 178 valence electrons. The van der Waals surface area contributed by atoms with Gasteiger partial charge < -0.3 is 4.40 Å². The van der Waals surface area contributed by atoms with Crippen LogP contribution in [-0.2, 0) is 13.2 Å². The molecule has 0 unspecified atom stereocenters. The third-order valence-corrected chi connectivity index (χ3v) is 7.88. The highest BCUT2D eigenvalue weighted by Crippen LogP contribution is 2.46. The fourth-order valence-electron chi connectivity index (χ4n) is 6.39. The zero-order valence-electron chi connectivity index (χ0n) is 20.5. The van der Waals surface area contributed by atoms with E-state index in [0.717, 1.165) is 60.0 Å². The summed E-state index contributed by atoms with van der Waals surface area (Å²) in [4.78, 5) is 0. The minimum Gasteiger partial charge on any atom is -0.307 e. The van der Waals surface area contributed by atoms with Crippen molar-refractivity contribution in [2.75, 3.05) is 0 Å². The Balaban J connectivity index is 1.94. The predicted octanol–water partition coefficient (Wildman–Crippen LogP) is 8.42. The van der Waals surface area contributed by atoms with Gasteiger partial charge in [-0.2, -0.15) is 13.2 Å². The van der Waals surface area contributed by atoms with Crippen LogP contribution in [0.4, 0.5) is 13.2 Å². The molecule has 0 N–H and O–H groups in total. The second-order valence-electron chi connectivity index (χ2n) is 10.2. The van der Waals surface area contributed by atoms with Crippen molar-refractivity contribution < 1.29 is 17.7 Å². The van der Waals surface area contributed by atoms with Crippen LogP contribution < -0.4 is 4.57 Å². The van der Waals surface area contributed by atoms with E-state index in [9.17, 15) is 13.2 Å². The smallest absolute Gasteiger partial charge is 0.307 e. The van der Waals surface area contributed by atoms with E-state index in [2.05, 4.69) is 79.4 Å². The summed E-state index contributed by atoms with van der Waals surface area (Å²) < 4.78 is 45.9. The van der Waals surface area contributed by atoms with Crippen molar-refractivity contribution in [2.45, 2.75) is 32.9 Å². The van der Waals surface area contributed by atoms with Crippen molar-refractivity contribution in [3.63, 3.8) is 0 Å². The first-order valence-corrected chi connectivity index (χ1v) is 12.2. The average molecular weight is 482 g/mol. The fourth-order valence-corrected chi connectivity index (χ4v) is 6.39. The van der Waals surface area contributed by atoms with Crippen LogP contribution in [0.5, 0.6) is 0 Å². The van der Waals surface area contributed by atoms with Gasteiger partial charge in [0.15, 0.2) is 6.20 Å².